The number of carbonyl (C=O) groups excluding carboxylic acids is 4. The minimum atomic E-state index is -1.43. The van der Waals surface area contributed by atoms with Gasteiger partial charge in [0.15, 0.2) is 0 Å². The van der Waals surface area contributed by atoms with Crippen LogP contribution in [0.25, 0.3) is 0 Å². The molecule has 1 aromatic rings. The second-order valence-corrected chi connectivity index (χ2v) is 12.6. The molecule has 1 spiro atoms. The summed E-state index contributed by atoms with van der Waals surface area (Å²) in [6.07, 6.45) is 6.64. The summed E-state index contributed by atoms with van der Waals surface area (Å²) in [7, 11) is 0. The van der Waals surface area contributed by atoms with Crippen LogP contribution in [0.4, 0.5) is 0 Å². The first-order valence-corrected chi connectivity index (χ1v) is 15.4. The first-order chi connectivity index (χ1) is 20.6. The highest BCUT2D eigenvalue weighted by Crippen LogP contribution is 2.54. The second kappa shape index (κ2) is 12.6. The molecule has 0 aromatic heterocycles. The van der Waals surface area contributed by atoms with Crippen molar-refractivity contribution in [2.45, 2.75) is 82.9 Å². The third kappa shape index (κ3) is 5.74. The highest BCUT2D eigenvalue weighted by atomic mass is 16.6. The Balaban J connectivity index is 1.62. The van der Waals surface area contributed by atoms with Gasteiger partial charge in [0, 0.05) is 19.0 Å². The summed E-state index contributed by atoms with van der Waals surface area (Å²) in [5.74, 6) is -3.42. The Labute approximate surface area is 253 Å². The van der Waals surface area contributed by atoms with Crippen LogP contribution in [0.15, 0.2) is 54.6 Å². The zero-order valence-corrected chi connectivity index (χ0v) is 25.3. The number of nitrogens with zero attached hydrogens (tertiary/aromatic N) is 2. The Morgan fingerprint density at radius 2 is 1.79 bits per heavy atom. The summed E-state index contributed by atoms with van der Waals surface area (Å²) >= 11 is 0. The van der Waals surface area contributed by atoms with Gasteiger partial charge in [0.25, 0.3) is 0 Å². The van der Waals surface area contributed by atoms with Crippen molar-refractivity contribution >= 4 is 23.7 Å². The molecule has 3 amide bonds. The van der Waals surface area contributed by atoms with E-state index in [1.54, 1.807) is 23.1 Å². The number of hydrogen-bond acceptors (Lipinski definition) is 7. The van der Waals surface area contributed by atoms with E-state index in [1.807, 2.05) is 64.1 Å². The zero-order valence-electron chi connectivity index (χ0n) is 25.3. The van der Waals surface area contributed by atoms with Crippen molar-refractivity contribution in [3.8, 4) is 0 Å². The van der Waals surface area contributed by atoms with Crippen LogP contribution in [0.5, 0.6) is 0 Å². The summed E-state index contributed by atoms with van der Waals surface area (Å²) in [6.45, 7) is 7.93. The van der Waals surface area contributed by atoms with E-state index in [0.29, 0.717) is 24.9 Å². The standard InChI is InChI=1S/C33H43N3O7/c1-20(2)17-23(19-37)36-29-31(40)35(21(3)4)16-10-15-33(29)28(30(36)39)27-24(43-33)13-8-9-14-26(38)34-18-25(42-32(27)41)22-11-6-5-7-12-22/h5-8,10-13,15,20-21,23-25,27-29,37H,9,14,16-19H2,1-4H3,(H,34,38)/b13-8-/t23-,24+,25-,27-,28-,29+,33-/m1/s1. The van der Waals surface area contributed by atoms with E-state index in [9.17, 15) is 24.3 Å². The maximum absolute atomic E-state index is 14.6. The van der Waals surface area contributed by atoms with Crippen molar-refractivity contribution in [3.05, 3.63) is 60.2 Å². The van der Waals surface area contributed by atoms with Crippen LogP contribution < -0.4 is 5.32 Å². The lowest BCUT2D eigenvalue weighted by molar-refractivity contribution is -0.161. The summed E-state index contributed by atoms with van der Waals surface area (Å²) in [6, 6.07) is 7.33. The number of hydrogen-bond donors (Lipinski definition) is 2. The molecule has 4 heterocycles. The van der Waals surface area contributed by atoms with E-state index in [1.165, 1.54) is 4.90 Å². The van der Waals surface area contributed by atoms with Gasteiger partial charge in [-0.25, -0.2) is 0 Å². The Hall–Kier alpha value is -3.50. The molecule has 2 fully saturated rings. The number of carbonyl (C=O) groups is 4. The molecule has 0 aliphatic carbocycles. The van der Waals surface area contributed by atoms with E-state index in [-0.39, 0.29) is 43.3 Å². The third-order valence-electron chi connectivity index (χ3n) is 8.98. The first-order valence-electron chi connectivity index (χ1n) is 15.4. The maximum atomic E-state index is 14.6. The van der Waals surface area contributed by atoms with Gasteiger partial charge >= 0.3 is 5.97 Å². The summed E-state index contributed by atoms with van der Waals surface area (Å²) in [4.78, 5) is 58.8. The Morgan fingerprint density at radius 3 is 2.47 bits per heavy atom. The zero-order chi connectivity index (χ0) is 30.9. The average molecular weight is 594 g/mol. The summed E-state index contributed by atoms with van der Waals surface area (Å²) in [5, 5.41) is 13.4. The number of cyclic esters (lactones) is 1. The van der Waals surface area contributed by atoms with Gasteiger partial charge < -0.3 is 29.7 Å². The Bertz CT molecular complexity index is 1280. The van der Waals surface area contributed by atoms with Crippen LogP contribution in [-0.2, 0) is 28.7 Å². The minimum absolute atomic E-state index is 0.0811. The van der Waals surface area contributed by atoms with E-state index < -0.39 is 53.6 Å². The van der Waals surface area contributed by atoms with Crippen molar-refractivity contribution in [2.24, 2.45) is 17.8 Å². The fourth-order valence-electron chi connectivity index (χ4n) is 7.04. The number of likely N-dealkylation sites (tertiary alicyclic amines) is 1. The van der Waals surface area contributed by atoms with Crippen LogP contribution >= 0.6 is 0 Å². The number of amides is 3. The number of benzene rings is 1. The SMILES string of the molecule is CC(C)C[C@H](CO)N1C(=O)[C@H]2[C@@H]3C(=O)O[C@@H](c4ccccc4)CNC(=O)CC/C=C\[C@@H]3O[C@]23C=CCN(C(C)C)C(=O)[C@H]13. The average Bonchev–Trinajstić information content (AvgIpc) is 3.36. The second-order valence-electron chi connectivity index (χ2n) is 12.6. The van der Waals surface area contributed by atoms with Gasteiger partial charge in [-0.15, -0.1) is 0 Å². The molecule has 43 heavy (non-hydrogen) atoms. The van der Waals surface area contributed by atoms with E-state index in [4.69, 9.17) is 9.47 Å². The van der Waals surface area contributed by atoms with Crippen LogP contribution in [0, 0.1) is 17.8 Å². The molecule has 10 heteroatoms. The van der Waals surface area contributed by atoms with Crippen molar-refractivity contribution < 1.29 is 33.8 Å². The molecule has 0 bridgehead atoms. The summed E-state index contributed by atoms with van der Waals surface area (Å²) < 4.78 is 12.8. The number of aliphatic hydroxyl groups excluding tert-OH is 1. The van der Waals surface area contributed by atoms with Crippen LogP contribution in [-0.4, -0.2) is 88.1 Å². The molecule has 232 valence electrons. The van der Waals surface area contributed by atoms with Gasteiger partial charge in [0.2, 0.25) is 17.7 Å². The van der Waals surface area contributed by atoms with Crippen molar-refractivity contribution in [1.82, 2.24) is 15.1 Å². The largest absolute Gasteiger partial charge is 0.455 e. The van der Waals surface area contributed by atoms with Gasteiger partial charge in [-0.05, 0) is 38.2 Å². The molecule has 2 saturated heterocycles. The molecule has 10 nitrogen and oxygen atoms in total. The molecule has 7 atom stereocenters. The number of allylic oxidation sites excluding steroid dienone is 1. The molecule has 4 aliphatic heterocycles. The number of fused-ring (bicyclic) bond motifs is 2. The predicted molar refractivity (Wildman–Crippen MR) is 158 cm³/mol. The van der Waals surface area contributed by atoms with Gasteiger partial charge in [-0.3, -0.25) is 19.2 Å². The molecule has 4 aliphatic rings. The number of aliphatic hydroxyl groups is 1. The number of esters is 1. The predicted octanol–water partition coefficient (Wildman–Crippen LogP) is 2.53. The molecule has 1 aromatic carbocycles. The first kappa shape index (κ1) is 30.9. The lowest BCUT2D eigenvalue weighted by Crippen LogP contribution is -2.59. The number of nitrogens with one attached hydrogen (secondary N) is 1. The van der Waals surface area contributed by atoms with Crippen molar-refractivity contribution in [2.75, 3.05) is 19.7 Å². The normalized spacial score (nSPS) is 32.8. The molecule has 2 N–H and O–H groups in total. The number of rotatable bonds is 6. The van der Waals surface area contributed by atoms with Gasteiger partial charge in [-0.1, -0.05) is 68.5 Å². The topological polar surface area (TPSA) is 125 Å². The quantitative estimate of drug-likeness (QED) is 0.384. The molecule has 0 unspecified atom stereocenters. The van der Waals surface area contributed by atoms with E-state index >= 15 is 0 Å². The third-order valence-corrected chi connectivity index (χ3v) is 8.98. The molecular formula is C33H43N3O7. The smallest absolute Gasteiger partial charge is 0.313 e. The fraction of sp³-hybridized carbons (Fsp3) is 0.576. The van der Waals surface area contributed by atoms with Crippen molar-refractivity contribution in [1.29, 1.82) is 0 Å². The molecule has 0 saturated carbocycles. The lowest BCUT2D eigenvalue weighted by Gasteiger charge is -2.39. The van der Waals surface area contributed by atoms with Gasteiger partial charge in [0.05, 0.1) is 31.2 Å². The Kier molecular flexibility index (Phi) is 9.08. The van der Waals surface area contributed by atoms with Crippen molar-refractivity contribution in [3.63, 3.8) is 0 Å². The molecule has 5 rings (SSSR count). The monoisotopic (exact) mass is 593 g/mol. The van der Waals surface area contributed by atoms with Gasteiger partial charge in [0.1, 0.15) is 23.7 Å². The highest BCUT2D eigenvalue weighted by molar-refractivity contribution is 5.99. The van der Waals surface area contributed by atoms with E-state index in [0.717, 1.165) is 0 Å². The number of ether oxygens (including phenoxy) is 2. The molecular weight excluding hydrogens is 550 g/mol. The van der Waals surface area contributed by atoms with E-state index in [2.05, 4.69) is 5.32 Å². The van der Waals surface area contributed by atoms with Gasteiger partial charge in [-0.2, -0.15) is 0 Å². The van der Waals surface area contributed by atoms with Crippen LogP contribution in [0.1, 0.15) is 58.6 Å². The minimum Gasteiger partial charge on any atom is -0.455 e. The summed E-state index contributed by atoms with van der Waals surface area (Å²) in [5.41, 5.74) is -0.724. The maximum Gasteiger partial charge on any atom is 0.313 e. The fourth-order valence-corrected chi connectivity index (χ4v) is 7.04. The van der Waals surface area contributed by atoms with Crippen LogP contribution in [0.3, 0.4) is 0 Å². The Morgan fingerprint density at radius 1 is 1.05 bits per heavy atom. The highest BCUT2D eigenvalue weighted by Gasteiger charge is 2.72. The lowest BCUT2D eigenvalue weighted by atomic mass is 9.77. The van der Waals surface area contributed by atoms with Crippen LogP contribution in [0.2, 0.25) is 0 Å². The molecule has 0 radical (unpaired) electrons.